The quantitative estimate of drug-likeness (QED) is 0.736. The van der Waals surface area contributed by atoms with Crippen LogP contribution in [0.2, 0.25) is 0 Å². The standard InChI is InChI=1S/C11H20N4O.ClH/c1-7(12)4-11(16)13-8(2)5-10-6-9(3)14-15-10;/h6-8H,4-5,12H2,1-3H3,(H,13,16)(H,14,15);1H. The Kier molecular flexibility index (Phi) is 6.83. The second kappa shape index (κ2) is 7.29. The fraction of sp³-hybridized carbons (Fsp3) is 0.636. The van der Waals surface area contributed by atoms with Gasteiger partial charge in [-0.15, -0.1) is 12.4 Å². The summed E-state index contributed by atoms with van der Waals surface area (Å²) in [6, 6.07) is 1.96. The third kappa shape index (κ3) is 6.28. The van der Waals surface area contributed by atoms with Crippen LogP contribution in [0.25, 0.3) is 0 Å². The van der Waals surface area contributed by atoms with Crippen molar-refractivity contribution < 1.29 is 4.79 Å². The molecule has 0 aliphatic rings. The van der Waals surface area contributed by atoms with Crippen LogP contribution in [0.1, 0.15) is 31.7 Å². The van der Waals surface area contributed by atoms with E-state index in [-0.39, 0.29) is 30.4 Å². The molecule has 0 aliphatic heterocycles. The van der Waals surface area contributed by atoms with E-state index in [2.05, 4.69) is 15.5 Å². The third-order valence-corrected chi connectivity index (χ3v) is 2.19. The van der Waals surface area contributed by atoms with Gasteiger partial charge in [0, 0.05) is 30.6 Å². The van der Waals surface area contributed by atoms with E-state index in [0.717, 1.165) is 17.8 Å². The van der Waals surface area contributed by atoms with Crippen molar-refractivity contribution in [1.29, 1.82) is 0 Å². The van der Waals surface area contributed by atoms with E-state index in [0.29, 0.717) is 6.42 Å². The molecule has 0 saturated heterocycles. The van der Waals surface area contributed by atoms with E-state index in [1.165, 1.54) is 0 Å². The first-order valence-corrected chi connectivity index (χ1v) is 5.53. The number of hydrogen-bond donors (Lipinski definition) is 3. The van der Waals surface area contributed by atoms with Crippen molar-refractivity contribution in [3.8, 4) is 0 Å². The molecule has 1 heterocycles. The highest BCUT2D eigenvalue weighted by Crippen LogP contribution is 2.02. The highest BCUT2D eigenvalue weighted by atomic mass is 35.5. The molecule has 1 amide bonds. The molecule has 1 aromatic rings. The maximum atomic E-state index is 11.4. The summed E-state index contributed by atoms with van der Waals surface area (Å²) in [5.74, 6) is -0.00485. The van der Waals surface area contributed by atoms with Gasteiger partial charge >= 0.3 is 0 Å². The van der Waals surface area contributed by atoms with E-state index in [1.807, 2.05) is 26.8 Å². The van der Waals surface area contributed by atoms with Crippen molar-refractivity contribution in [2.24, 2.45) is 5.73 Å². The molecule has 98 valence electrons. The molecule has 0 fully saturated rings. The van der Waals surface area contributed by atoms with Gasteiger partial charge in [0.05, 0.1) is 5.69 Å². The van der Waals surface area contributed by atoms with Crippen LogP contribution in [0, 0.1) is 6.92 Å². The predicted molar refractivity (Wildman–Crippen MR) is 70.1 cm³/mol. The molecule has 1 rings (SSSR count). The summed E-state index contributed by atoms with van der Waals surface area (Å²) < 4.78 is 0. The third-order valence-electron chi connectivity index (χ3n) is 2.19. The van der Waals surface area contributed by atoms with Crippen molar-refractivity contribution in [2.45, 2.75) is 45.7 Å². The number of nitrogens with two attached hydrogens (primary N) is 1. The van der Waals surface area contributed by atoms with Crippen molar-refractivity contribution in [3.63, 3.8) is 0 Å². The Labute approximate surface area is 108 Å². The summed E-state index contributed by atoms with van der Waals surface area (Å²) in [5, 5.41) is 9.90. The minimum Gasteiger partial charge on any atom is -0.353 e. The van der Waals surface area contributed by atoms with Crippen molar-refractivity contribution in [1.82, 2.24) is 15.5 Å². The molecule has 4 N–H and O–H groups in total. The second-order valence-electron chi connectivity index (χ2n) is 4.40. The minimum atomic E-state index is -0.0974. The van der Waals surface area contributed by atoms with Crippen LogP contribution in [0.15, 0.2) is 6.07 Å². The van der Waals surface area contributed by atoms with E-state index < -0.39 is 0 Å². The zero-order valence-corrected chi connectivity index (χ0v) is 11.3. The molecule has 1 aromatic heterocycles. The maximum absolute atomic E-state index is 11.4. The Morgan fingerprint density at radius 1 is 1.59 bits per heavy atom. The number of hydrogen-bond acceptors (Lipinski definition) is 3. The normalized spacial score (nSPS) is 13.6. The molecule has 0 radical (unpaired) electrons. The maximum Gasteiger partial charge on any atom is 0.221 e. The highest BCUT2D eigenvalue weighted by Gasteiger charge is 2.10. The molecule has 0 bridgehead atoms. The molecule has 0 spiro atoms. The van der Waals surface area contributed by atoms with Crippen molar-refractivity contribution >= 4 is 18.3 Å². The predicted octanol–water partition coefficient (Wildman–Crippen LogP) is 0.924. The molecule has 0 saturated carbocycles. The number of rotatable bonds is 5. The summed E-state index contributed by atoms with van der Waals surface area (Å²) in [4.78, 5) is 11.4. The lowest BCUT2D eigenvalue weighted by Crippen LogP contribution is -2.37. The SMILES string of the molecule is Cc1cc(CC(C)NC(=O)CC(C)N)n[nH]1.Cl. The van der Waals surface area contributed by atoms with Gasteiger partial charge in [-0.05, 0) is 26.8 Å². The number of aryl methyl sites for hydroxylation is 1. The Balaban J connectivity index is 0.00000256. The molecule has 5 nitrogen and oxygen atoms in total. The van der Waals surface area contributed by atoms with Gasteiger partial charge in [-0.3, -0.25) is 9.89 Å². The van der Waals surface area contributed by atoms with E-state index in [4.69, 9.17) is 5.73 Å². The fourth-order valence-corrected chi connectivity index (χ4v) is 1.57. The van der Waals surface area contributed by atoms with Gasteiger partial charge in [-0.1, -0.05) is 0 Å². The van der Waals surface area contributed by atoms with Gasteiger partial charge < -0.3 is 11.1 Å². The largest absolute Gasteiger partial charge is 0.353 e. The minimum absolute atomic E-state index is 0. The molecule has 2 atom stereocenters. The smallest absolute Gasteiger partial charge is 0.221 e. The van der Waals surface area contributed by atoms with E-state index in [1.54, 1.807) is 0 Å². The Bertz CT molecular complexity index is 351. The lowest BCUT2D eigenvalue weighted by molar-refractivity contribution is -0.121. The van der Waals surface area contributed by atoms with Gasteiger partial charge in [-0.2, -0.15) is 5.10 Å². The molecule has 0 aliphatic carbocycles. The number of carbonyl (C=O) groups is 1. The van der Waals surface area contributed by atoms with Crippen LogP contribution >= 0.6 is 12.4 Å². The lowest BCUT2D eigenvalue weighted by atomic mass is 10.1. The van der Waals surface area contributed by atoms with Crippen LogP contribution in [-0.2, 0) is 11.2 Å². The van der Waals surface area contributed by atoms with Gasteiger partial charge in [0.15, 0.2) is 0 Å². The topological polar surface area (TPSA) is 83.8 Å². The highest BCUT2D eigenvalue weighted by molar-refractivity contribution is 5.85. The molecule has 2 unspecified atom stereocenters. The van der Waals surface area contributed by atoms with Crippen LogP contribution in [0.3, 0.4) is 0 Å². The molecular weight excluding hydrogens is 240 g/mol. The summed E-state index contributed by atoms with van der Waals surface area (Å²) in [6.07, 6.45) is 1.10. The van der Waals surface area contributed by atoms with Crippen LogP contribution in [-0.4, -0.2) is 28.2 Å². The summed E-state index contributed by atoms with van der Waals surface area (Å²) in [6.45, 7) is 5.74. The van der Waals surface area contributed by atoms with Gasteiger partial charge in [0.1, 0.15) is 0 Å². The number of carbonyl (C=O) groups excluding carboxylic acids is 1. The molecule has 0 aromatic carbocycles. The van der Waals surface area contributed by atoms with Gasteiger partial charge in [0.25, 0.3) is 0 Å². The number of halogens is 1. The number of aromatic amines is 1. The zero-order valence-electron chi connectivity index (χ0n) is 10.5. The second-order valence-corrected chi connectivity index (χ2v) is 4.40. The van der Waals surface area contributed by atoms with Crippen LogP contribution < -0.4 is 11.1 Å². The average molecular weight is 261 g/mol. The van der Waals surface area contributed by atoms with Gasteiger partial charge in [-0.25, -0.2) is 0 Å². The van der Waals surface area contributed by atoms with Crippen LogP contribution in [0.5, 0.6) is 0 Å². The van der Waals surface area contributed by atoms with Crippen molar-refractivity contribution in [3.05, 3.63) is 17.5 Å². The first-order valence-electron chi connectivity index (χ1n) is 5.53. The number of nitrogens with one attached hydrogen (secondary N) is 2. The summed E-state index contributed by atoms with van der Waals surface area (Å²) in [5.41, 5.74) is 7.54. The molecular formula is C11H21ClN4O. The Morgan fingerprint density at radius 3 is 2.71 bits per heavy atom. The zero-order chi connectivity index (χ0) is 12.1. The number of nitrogens with zero attached hydrogens (tertiary/aromatic N) is 1. The average Bonchev–Trinajstić information content (AvgIpc) is 2.48. The number of H-pyrrole nitrogens is 1. The number of amides is 1. The first kappa shape index (κ1) is 15.9. The summed E-state index contributed by atoms with van der Waals surface area (Å²) in [7, 11) is 0. The summed E-state index contributed by atoms with van der Waals surface area (Å²) >= 11 is 0. The van der Waals surface area contributed by atoms with E-state index in [9.17, 15) is 4.79 Å². The molecule has 17 heavy (non-hydrogen) atoms. The fourth-order valence-electron chi connectivity index (χ4n) is 1.57. The Hall–Kier alpha value is -1.07. The van der Waals surface area contributed by atoms with E-state index >= 15 is 0 Å². The lowest BCUT2D eigenvalue weighted by Gasteiger charge is -2.13. The van der Waals surface area contributed by atoms with Gasteiger partial charge in [0.2, 0.25) is 5.91 Å². The van der Waals surface area contributed by atoms with Crippen molar-refractivity contribution in [2.75, 3.05) is 0 Å². The monoisotopic (exact) mass is 260 g/mol. The first-order chi connectivity index (χ1) is 7.47. The Morgan fingerprint density at radius 2 is 2.24 bits per heavy atom. The molecule has 6 heteroatoms. The van der Waals surface area contributed by atoms with Crippen LogP contribution in [0.4, 0.5) is 0 Å². The number of aromatic nitrogens is 2.